The molecule has 0 spiro atoms. The Morgan fingerprint density at radius 1 is 1.65 bits per heavy atom. The van der Waals surface area contributed by atoms with E-state index >= 15 is 0 Å². The summed E-state index contributed by atoms with van der Waals surface area (Å²) in [4.78, 5) is 0. The van der Waals surface area contributed by atoms with E-state index in [-0.39, 0.29) is 12.1 Å². The number of aromatic nitrogens is 2. The molecule has 2 atom stereocenters. The lowest BCUT2D eigenvalue weighted by Gasteiger charge is -2.30. The van der Waals surface area contributed by atoms with Crippen molar-refractivity contribution in [2.75, 3.05) is 6.61 Å². The van der Waals surface area contributed by atoms with E-state index < -0.39 is 0 Å². The summed E-state index contributed by atoms with van der Waals surface area (Å²) >= 11 is 0. The van der Waals surface area contributed by atoms with Crippen molar-refractivity contribution < 1.29 is 4.74 Å². The van der Waals surface area contributed by atoms with Gasteiger partial charge >= 0.3 is 0 Å². The van der Waals surface area contributed by atoms with E-state index in [4.69, 9.17) is 10.6 Å². The Hall–Kier alpha value is -0.910. The van der Waals surface area contributed by atoms with Crippen molar-refractivity contribution in [2.24, 2.45) is 12.9 Å². The van der Waals surface area contributed by atoms with Gasteiger partial charge in [-0.25, -0.2) is 0 Å². The van der Waals surface area contributed by atoms with E-state index in [1.165, 1.54) is 18.5 Å². The maximum Gasteiger partial charge on any atom is 0.0745 e. The Labute approximate surface area is 102 Å². The molecule has 0 bridgehead atoms. The molecule has 0 aromatic carbocycles. The van der Waals surface area contributed by atoms with Gasteiger partial charge in [-0.2, -0.15) is 5.10 Å². The van der Waals surface area contributed by atoms with Crippen LogP contribution >= 0.6 is 0 Å². The summed E-state index contributed by atoms with van der Waals surface area (Å²) in [7, 11) is 1.97. The molecule has 2 heterocycles. The predicted molar refractivity (Wildman–Crippen MR) is 66.4 cm³/mol. The van der Waals surface area contributed by atoms with Crippen molar-refractivity contribution in [1.82, 2.24) is 15.2 Å². The summed E-state index contributed by atoms with van der Waals surface area (Å²) in [5, 5.41) is 4.35. The molecule has 2 unspecified atom stereocenters. The minimum absolute atomic E-state index is 0.171. The van der Waals surface area contributed by atoms with Crippen LogP contribution in [-0.2, 0) is 18.2 Å². The highest BCUT2D eigenvalue weighted by atomic mass is 16.5. The summed E-state index contributed by atoms with van der Waals surface area (Å²) in [6, 6.07) is 2.28. The van der Waals surface area contributed by atoms with Gasteiger partial charge in [-0.1, -0.05) is 0 Å². The second-order valence-electron chi connectivity index (χ2n) is 4.78. The molecule has 1 saturated heterocycles. The van der Waals surface area contributed by atoms with Crippen LogP contribution in [0.1, 0.15) is 30.7 Å². The molecule has 0 saturated carbocycles. The summed E-state index contributed by atoms with van der Waals surface area (Å²) < 4.78 is 7.70. The minimum atomic E-state index is 0.171. The molecule has 1 aromatic heterocycles. The zero-order chi connectivity index (χ0) is 12.3. The maximum absolute atomic E-state index is 5.78. The topological polar surface area (TPSA) is 65.1 Å². The van der Waals surface area contributed by atoms with Gasteiger partial charge in [0.15, 0.2) is 0 Å². The van der Waals surface area contributed by atoms with Gasteiger partial charge in [-0.3, -0.25) is 16.0 Å². The number of nitrogens with zero attached hydrogens (tertiary/aromatic N) is 2. The van der Waals surface area contributed by atoms with E-state index in [0.29, 0.717) is 0 Å². The lowest BCUT2D eigenvalue weighted by atomic mass is 9.98. The normalized spacial score (nSPS) is 22.6. The summed E-state index contributed by atoms with van der Waals surface area (Å²) in [5.74, 6) is 5.65. The molecule has 1 fully saturated rings. The molecule has 5 heteroatoms. The van der Waals surface area contributed by atoms with Crippen LogP contribution in [0.3, 0.4) is 0 Å². The molecular formula is C12H22N4O. The van der Waals surface area contributed by atoms with Crippen molar-refractivity contribution in [3.8, 4) is 0 Å². The number of hydrazine groups is 1. The fourth-order valence-electron chi connectivity index (χ4n) is 2.46. The van der Waals surface area contributed by atoms with Crippen molar-refractivity contribution in [3.05, 3.63) is 17.5 Å². The van der Waals surface area contributed by atoms with Crippen LogP contribution in [0.15, 0.2) is 6.07 Å². The van der Waals surface area contributed by atoms with Crippen LogP contribution in [0.2, 0.25) is 0 Å². The van der Waals surface area contributed by atoms with Gasteiger partial charge in [0.05, 0.1) is 17.8 Å². The third kappa shape index (κ3) is 3.06. The van der Waals surface area contributed by atoms with E-state index in [9.17, 15) is 0 Å². The second kappa shape index (κ2) is 5.62. The molecule has 17 heavy (non-hydrogen) atoms. The minimum Gasteiger partial charge on any atom is -0.377 e. The highest BCUT2D eigenvalue weighted by molar-refractivity contribution is 5.10. The molecule has 0 radical (unpaired) electrons. The number of nitrogens with one attached hydrogen (secondary N) is 1. The first-order chi connectivity index (χ1) is 8.20. The second-order valence-corrected chi connectivity index (χ2v) is 4.78. The maximum atomic E-state index is 5.78. The van der Waals surface area contributed by atoms with E-state index in [2.05, 4.69) is 16.6 Å². The summed E-state index contributed by atoms with van der Waals surface area (Å²) in [6.07, 6.45) is 4.57. The van der Waals surface area contributed by atoms with Gasteiger partial charge < -0.3 is 4.74 Å². The first-order valence-corrected chi connectivity index (χ1v) is 6.28. The monoisotopic (exact) mass is 238 g/mol. The molecule has 5 nitrogen and oxygen atoms in total. The van der Waals surface area contributed by atoms with Crippen LogP contribution < -0.4 is 11.3 Å². The average molecular weight is 238 g/mol. The standard InChI is InChI=1S/C12H22N4O/c1-9-7-10(16(2)15-9)8-11(14-13)12-5-3-4-6-17-12/h7,11-12,14H,3-6,8,13H2,1-2H3. The molecule has 1 aliphatic heterocycles. The Balaban J connectivity index is 2.01. The van der Waals surface area contributed by atoms with E-state index in [0.717, 1.165) is 25.1 Å². The zero-order valence-corrected chi connectivity index (χ0v) is 10.6. The van der Waals surface area contributed by atoms with Crippen LogP contribution in [-0.4, -0.2) is 28.5 Å². The molecule has 3 N–H and O–H groups in total. The fraction of sp³-hybridized carbons (Fsp3) is 0.750. The van der Waals surface area contributed by atoms with Crippen LogP contribution in [0.5, 0.6) is 0 Å². The molecule has 2 rings (SSSR count). The molecule has 1 aliphatic rings. The van der Waals surface area contributed by atoms with Gasteiger partial charge in [0.25, 0.3) is 0 Å². The highest BCUT2D eigenvalue weighted by Gasteiger charge is 2.24. The first-order valence-electron chi connectivity index (χ1n) is 6.28. The number of aryl methyl sites for hydroxylation is 2. The van der Waals surface area contributed by atoms with Crippen LogP contribution in [0.4, 0.5) is 0 Å². The fourth-order valence-corrected chi connectivity index (χ4v) is 2.46. The molecular weight excluding hydrogens is 216 g/mol. The lowest BCUT2D eigenvalue weighted by molar-refractivity contribution is -0.00778. The number of hydrogen-bond acceptors (Lipinski definition) is 4. The van der Waals surface area contributed by atoms with Crippen LogP contribution in [0, 0.1) is 6.92 Å². The molecule has 0 aliphatic carbocycles. The van der Waals surface area contributed by atoms with Gasteiger partial charge in [-0.05, 0) is 32.3 Å². The highest BCUT2D eigenvalue weighted by Crippen LogP contribution is 2.18. The average Bonchev–Trinajstić information content (AvgIpc) is 2.66. The van der Waals surface area contributed by atoms with Crippen LogP contribution in [0.25, 0.3) is 0 Å². The summed E-state index contributed by atoms with van der Waals surface area (Å²) in [5.41, 5.74) is 5.13. The number of hydrogen-bond donors (Lipinski definition) is 2. The molecule has 0 amide bonds. The van der Waals surface area contributed by atoms with Gasteiger partial charge in [0.2, 0.25) is 0 Å². The van der Waals surface area contributed by atoms with Gasteiger partial charge in [0, 0.05) is 25.8 Å². The van der Waals surface area contributed by atoms with Crippen molar-refractivity contribution in [1.29, 1.82) is 0 Å². The largest absolute Gasteiger partial charge is 0.377 e. The van der Waals surface area contributed by atoms with Crippen molar-refractivity contribution in [2.45, 2.75) is 44.8 Å². The van der Waals surface area contributed by atoms with Crippen molar-refractivity contribution >= 4 is 0 Å². The Bertz CT molecular complexity index is 357. The number of nitrogens with two attached hydrogens (primary N) is 1. The smallest absolute Gasteiger partial charge is 0.0745 e. The Morgan fingerprint density at radius 2 is 2.47 bits per heavy atom. The Morgan fingerprint density at radius 3 is 3.00 bits per heavy atom. The van der Waals surface area contributed by atoms with Crippen molar-refractivity contribution in [3.63, 3.8) is 0 Å². The number of rotatable bonds is 4. The first kappa shape index (κ1) is 12.5. The molecule has 1 aromatic rings. The third-order valence-electron chi connectivity index (χ3n) is 3.41. The third-order valence-corrected chi connectivity index (χ3v) is 3.41. The predicted octanol–water partition coefficient (Wildman–Crippen LogP) is 0.672. The summed E-state index contributed by atoms with van der Waals surface area (Å²) in [6.45, 7) is 2.86. The number of ether oxygens (including phenoxy) is 1. The molecule has 96 valence electrons. The van der Waals surface area contributed by atoms with E-state index in [1.807, 2.05) is 18.7 Å². The van der Waals surface area contributed by atoms with Gasteiger partial charge in [-0.15, -0.1) is 0 Å². The SMILES string of the molecule is Cc1cc(CC(NN)C2CCCCO2)n(C)n1. The Kier molecular flexibility index (Phi) is 4.15. The zero-order valence-electron chi connectivity index (χ0n) is 10.6. The van der Waals surface area contributed by atoms with E-state index in [1.54, 1.807) is 0 Å². The lowest BCUT2D eigenvalue weighted by Crippen LogP contribution is -2.48. The quantitative estimate of drug-likeness (QED) is 0.598. The van der Waals surface area contributed by atoms with Gasteiger partial charge in [0.1, 0.15) is 0 Å².